The molecular weight excluding hydrogens is 229 g/mol. The van der Waals surface area contributed by atoms with Gasteiger partial charge in [-0.05, 0) is 32.4 Å². The fourth-order valence-electron chi connectivity index (χ4n) is 1.36. The van der Waals surface area contributed by atoms with Gasteiger partial charge >= 0.3 is 0 Å². The van der Waals surface area contributed by atoms with Crippen molar-refractivity contribution in [3.05, 3.63) is 34.6 Å². The Morgan fingerprint density at radius 3 is 2.69 bits per heavy atom. The average Bonchev–Trinajstić information content (AvgIpc) is 2.21. The van der Waals surface area contributed by atoms with E-state index in [9.17, 15) is 4.39 Å². The van der Waals surface area contributed by atoms with Crippen molar-refractivity contribution < 1.29 is 9.13 Å². The van der Waals surface area contributed by atoms with Gasteiger partial charge in [0, 0.05) is 16.6 Å². The molecule has 2 nitrogen and oxygen atoms in total. The van der Waals surface area contributed by atoms with Gasteiger partial charge in [0.25, 0.3) is 0 Å². The van der Waals surface area contributed by atoms with E-state index in [1.54, 1.807) is 12.1 Å². The van der Waals surface area contributed by atoms with Gasteiger partial charge in [-0.2, -0.15) is 0 Å². The summed E-state index contributed by atoms with van der Waals surface area (Å²) < 4.78 is 18.8. The van der Waals surface area contributed by atoms with Crippen molar-refractivity contribution in [2.75, 3.05) is 6.61 Å². The fraction of sp³-hybridized carbons (Fsp3) is 0.500. The number of benzene rings is 1. The Morgan fingerprint density at radius 1 is 1.44 bits per heavy atom. The Morgan fingerprint density at radius 2 is 2.12 bits per heavy atom. The van der Waals surface area contributed by atoms with E-state index in [2.05, 4.69) is 0 Å². The molecule has 1 atom stereocenters. The third-order valence-electron chi connectivity index (χ3n) is 2.17. The summed E-state index contributed by atoms with van der Waals surface area (Å²) in [5, 5.41) is 0.417. The number of halogens is 2. The lowest BCUT2D eigenvalue weighted by Gasteiger charge is -2.15. The molecule has 0 aromatic heterocycles. The Labute approximate surface area is 101 Å². The van der Waals surface area contributed by atoms with E-state index in [-0.39, 0.29) is 18.0 Å². The number of ether oxygens (including phenoxy) is 1. The lowest BCUT2D eigenvalue weighted by atomic mass is 10.1. The summed E-state index contributed by atoms with van der Waals surface area (Å²) in [6.07, 6.45) is 0.514. The monoisotopic (exact) mass is 245 g/mol. The van der Waals surface area contributed by atoms with Crippen LogP contribution >= 0.6 is 11.6 Å². The van der Waals surface area contributed by atoms with Crippen LogP contribution in [0, 0.1) is 5.82 Å². The maximum Gasteiger partial charge on any atom is 0.127 e. The zero-order valence-corrected chi connectivity index (χ0v) is 10.3. The Bertz CT molecular complexity index is 324. The van der Waals surface area contributed by atoms with E-state index in [1.807, 2.05) is 13.8 Å². The minimum absolute atomic E-state index is 0.127. The van der Waals surface area contributed by atoms with E-state index >= 15 is 0 Å². The molecule has 0 heterocycles. The highest BCUT2D eigenvalue weighted by Gasteiger charge is 2.12. The normalized spacial score (nSPS) is 13.1. The van der Waals surface area contributed by atoms with Crippen molar-refractivity contribution in [1.82, 2.24) is 0 Å². The Kier molecular flexibility index (Phi) is 5.19. The van der Waals surface area contributed by atoms with Crippen molar-refractivity contribution in [1.29, 1.82) is 0 Å². The molecule has 2 N–H and O–H groups in total. The first-order valence-electron chi connectivity index (χ1n) is 5.30. The largest absolute Gasteiger partial charge is 0.377 e. The molecule has 0 bridgehead atoms. The second-order valence-electron chi connectivity index (χ2n) is 4.05. The SMILES string of the molecule is CC(C)OCC(N)Cc1c(F)cccc1Cl. The van der Waals surface area contributed by atoms with Crippen LogP contribution in [0.3, 0.4) is 0 Å². The predicted octanol–water partition coefficient (Wildman–Crippen LogP) is 2.77. The first kappa shape index (κ1) is 13.4. The predicted molar refractivity (Wildman–Crippen MR) is 64.2 cm³/mol. The summed E-state index contributed by atoms with van der Waals surface area (Å²) in [6, 6.07) is 4.39. The quantitative estimate of drug-likeness (QED) is 0.866. The van der Waals surface area contributed by atoms with E-state index < -0.39 is 0 Å². The van der Waals surface area contributed by atoms with E-state index in [0.29, 0.717) is 23.6 Å². The molecule has 1 aromatic rings. The van der Waals surface area contributed by atoms with E-state index in [1.165, 1.54) is 6.07 Å². The van der Waals surface area contributed by atoms with Crippen LogP contribution in [0.4, 0.5) is 4.39 Å². The summed E-state index contributed by atoms with van der Waals surface area (Å²) in [5.74, 6) is -0.313. The molecule has 0 radical (unpaired) electrons. The molecule has 0 saturated carbocycles. The lowest BCUT2D eigenvalue weighted by Crippen LogP contribution is -2.30. The van der Waals surface area contributed by atoms with Crippen molar-refractivity contribution in [2.45, 2.75) is 32.4 Å². The molecule has 4 heteroatoms. The molecule has 0 spiro atoms. The molecule has 1 unspecified atom stereocenters. The molecule has 0 aliphatic heterocycles. The second-order valence-corrected chi connectivity index (χ2v) is 4.45. The maximum absolute atomic E-state index is 13.4. The molecule has 0 aliphatic rings. The molecule has 1 aromatic carbocycles. The molecule has 90 valence electrons. The second kappa shape index (κ2) is 6.18. The van der Waals surface area contributed by atoms with Crippen LogP contribution in [-0.4, -0.2) is 18.8 Å². The first-order valence-corrected chi connectivity index (χ1v) is 5.68. The van der Waals surface area contributed by atoms with Gasteiger partial charge in [-0.25, -0.2) is 4.39 Å². The smallest absolute Gasteiger partial charge is 0.127 e. The average molecular weight is 246 g/mol. The summed E-state index contributed by atoms with van der Waals surface area (Å²) in [5.41, 5.74) is 6.30. The fourth-order valence-corrected chi connectivity index (χ4v) is 1.60. The molecule has 0 fully saturated rings. The Hall–Kier alpha value is -0.640. The molecule has 0 saturated heterocycles. The van der Waals surface area contributed by atoms with Crippen molar-refractivity contribution in [3.63, 3.8) is 0 Å². The van der Waals surface area contributed by atoms with Crippen LogP contribution in [0.15, 0.2) is 18.2 Å². The minimum Gasteiger partial charge on any atom is -0.377 e. The number of hydrogen-bond donors (Lipinski definition) is 1. The van der Waals surface area contributed by atoms with E-state index in [4.69, 9.17) is 22.1 Å². The number of nitrogens with two attached hydrogens (primary N) is 1. The van der Waals surface area contributed by atoms with E-state index in [0.717, 1.165) is 0 Å². The highest BCUT2D eigenvalue weighted by Crippen LogP contribution is 2.20. The molecule has 16 heavy (non-hydrogen) atoms. The molecule has 0 aliphatic carbocycles. The van der Waals surface area contributed by atoms with Crippen LogP contribution in [-0.2, 0) is 11.2 Å². The van der Waals surface area contributed by atoms with Crippen LogP contribution in [0.1, 0.15) is 19.4 Å². The van der Waals surface area contributed by atoms with Gasteiger partial charge in [-0.1, -0.05) is 17.7 Å². The topological polar surface area (TPSA) is 35.2 Å². The van der Waals surface area contributed by atoms with Gasteiger partial charge in [0.1, 0.15) is 5.82 Å². The molecular formula is C12H17ClFNO. The number of hydrogen-bond acceptors (Lipinski definition) is 2. The lowest BCUT2D eigenvalue weighted by molar-refractivity contribution is 0.0683. The van der Waals surface area contributed by atoms with Crippen molar-refractivity contribution in [2.24, 2.45) is 5.73 Å². The Balaban J connectivity index is 2.59. The first-order chi connectivity index (χ1) is 7.50. The highest BCUT2D eigenvalue weighted by atomic mass is 35.5. The summed E-state index contributed by atoms with van der Waals surface area (Å²) in [6.45, 7) is 4.27. The van der Waals surface area contributed by atoms with Crippen LogP contribution < -0.4 is 5.73 Å². The van der Waals surface area contributed by atoms with Gasteiger partial charge in [-0.15, -0.1) is 0 Å². The van der Waals surface area contributed by atoms with Gasteiger partial charge < -0.3 is 10.5 Å². The zero-order valence-electron chi connectivity index (χ0n) is 9.54. The third kappa shape index (κ3) is 4.08. The van der Waals surface area contributed by atoms with Gasteiger partial charge in [-0.3, -0.25) is 0 Å². The van der Waals surface area contributed by atoms with Crippen molar-refractivity contribution >= 4 is 11.6 Å². The molecule has 1 rings (SSSR count). The van der Waals surface area contributed by atoms with Crippen LogP contribution in [0.25, 0.3) is 0 Å². The van der Waals surface area contributed by atoms with Crippen molar-refractivity contribution in [3.8, 4) is 0 Å². The van der Waals surface area contributed by atoms with Crippen LogP contribution in [0.2, 0.25) is 5.02 Å². The van der Waals surface area contributed by atoms with Gasteiger partial charge in [0.05, 0.1) is 12.7 Å². The summed E-state index contributed by atoms with van der Waals surface area (Å²) in [7, 11) is 0. The zero-order chi connectivity index (χ0) is 12.1. The summed E-state index contributed by atoms with van der Waals surface area (Å²) >= 11 is 5.90. The third-order valence-corrected chi connectivity index (χ3v) is 2.53. The standard InChI is InChI=1S/C12H17ClFNO/c1-8(2)16-7-9(15)6-10-11(13)4-3-5-12(10)14/h3-5,8-9H,6-7,15H2,1-2H3. The maximum atomic E-state index is 13.4. The highest BCUT2D eigenvalue weighted by molar-refractivity contribution is 6.31. The van der Waals surface area contributed by atoms with Gasteiger partial charge in [0.2, 0.25) is 0 Å². The van der Waals surface area contributed by atoms with Gasteiger partial charge in [0.15, 0.2) is 0 Å². The number of rotatable bonds is 5. The van der Waals surface area contributed by atoms with Crippen LogP contribution in [0.5, 0.6) is 0 Å². The summed E-state index contributed by atoms with van der Waals surface area (Å²) in [4.78, 5) is 0. The molecule has 0 amide bonds. The minimum atomic E-state index is -0.313.